The molecule has 0 saturated carbocycles. The number of anilines is 1. The molecule has 1 N–H and O–H groups in total. The van der Waals surface area contributed by atoms with E-state index in [-0.39, 0.29) is 5.91 Å². The van der Waals surface area contributed by atoms with Crippen molar-refractivity contribution in [1.29, 1.82) is 0 Å². The van der Waals surface area contributed by atoms with Gasteiger partial charge in [0.15, 0.2) is 0 Å². The molecule has 0 fully saturated rings. The molecule has 1 aromatic heterocycles. The molecule has 0 saturated heterocycles. The summed E-state index contributed by atoms with van der Waals surface area (Å²) in [6.45, 7) is 0. The van der Waals surface area contributed by atoms with Crippen LogP contribution in [0.4, 0.5) is 5.69 Å². The van der Waals surface area contributed by atoms with E-state index < -0.39 is 0 Å². The summed E-state index contributed by atoms with van der Waals surface area (Å²) in [6, 6.07) is 23.7. The third-order valence-electron chi connectivity index (χ3n) is 3.83. The number of hydrogen-bond donors (Lipinski definition) is 1. The smallest absolute Gasteiger partial charge is 0.255 e. The van der Waals surface area contributed by atoms with Crippen molar-refractivity contribution in [3.05, 3.63) is 90.8 Å². The molecule has 0 spiro atoms. The van der Waals surface area contributed by atoms with E-state index in [1.54, 1.807) is 36.4 Å². The first-order valence-electron chi connectivity index (χ1n) is 8.26. The van der Waals surface area contributed by atoms with Crippen LogP contribution in [0, 0.1) is 0 Å². The molecule has 132 valence electrons. The second kappa shape index (κ2) is 7.49. The van der Waals surface area contributed by atoms with Crippen molar-refractivity contribution in [3.63, 3.8) is 0 Å². The maximum atomic E-state index is 12.4. The summed E-state index contributed by atoms with van der Waals surface area (Å²) >= 11 is 0. The number of nitrogens with zero attached hydrogens (tertiary/aromatic N) is 4. The number of rotatable bonds is 5. The Hall–Kier alpha value is -4.00. The van der Waals surface area contributed by atoms with Crippen molar-refractivity contribution < 1.29 is 9.53 Å². The fourth-order valence-corrected chi connectivity index (χ4v) is 2.48. The zero-order valence-electron chi connectivity index (χ0n) is 14.2. The minimum atomic E-state index is -0.199. The highest BCUT2D eigenvalue weighted by molar-refractivity contribution is 6.04. The maximum absolute atomic E-state index is 12.4. The van der Waals surface area contributed by atoms with Gasteiger partial charge in [-0.1, -0.05) is 18.2 Å². The predicted molar refractivity (Wildman–Crippen MR) is 100 cm³/mol. The van der Waals surface area contributed by atoms with Crippen LogP contribution in [-0.4, -0.2) is 26.1 Å². The van der Waals surface area contributed by atoms with Crippen LogP contribution in [0.1, 0.15) is 10.4 Å². The highest BCUT2D eigenvalue weighted by atomic mass is 16.5. The van der Waals surface area contributed by atoms with E-state index in [9.17, 15) is 4.79 Å². The zero-order valence-corrected chi connectivity index (χ0v) is 14.2. The lowest BCUT2D eigenvalue weighted by atomic mass is 10.2. The van der Waals surface area contributed by atoms with Gasteiger partial charge in [0.1, 0.15) is 17.8 Å². The molecule has 0 aliphatic heterocycles. The summed E-state index contributed by atoms with van der Waals surface area (Å²) in [7, 11) is 0. The molecule has 3 aromatic carbocycles. The molecule has 0 aliphatic carbocycles. The number of ether oxygens (including phenoxy) is 1. The van der Waals surface area contributed by atoms with Gasteiger partial charge in [-0.05, 0) is 71.1 Å². The molecule has 1 heterocycles. The number of tetrazole rings is 1. The lowest BCUT2D eigenvalue weighted by molar-refractivity contribution is 0.102. The van der Waals surface area contributed by atoms with Gasteiger partial charge in [-0.2, -0.15) is 0 Å². The number of aromatic nitrogens is 4. The molecule has 7 heteroatoms. The van der Waals surface area contributed by atoms with Gasteiger partial charge < -0.3 is 10.1 Å². The summed E-state index contributed by atoms with van der Waals surface area (Å²) in [5.41, 5.74) is 2.00. The number of carbonyl (C=O) groups excluding carboxylic acids is 1. The van der Waals surface area contributed by atoms with Gasteiger partial charge in [0.25, 0.3) is 5.91 Å². The zero-order chi connectivity index (χ0) is 18.5. The van der Waals surface area contributed by atoms with Gasteiger partial charge in [-0.25, -0.2) is 4.68 Å². The SMILES string of the molecule is O=C(Nc1ccc(Oc2ccccc2)cc1)c1ccc(-n2cnnn2)cc1. The minimum Gasteiger partial charge on any atom is -0.457 e. The van der Waals surface area contributed by atoms with Crippen LogP contribution in [0.5, 0.6) is 11.5 Å². The van der Waals surface area contributed by atoms with Crippen molar-refractivity contribution in [1.82, 2.24) is 20.2 Å². The summed E-state index contributed by atoms with van der Waals surface area (Å²) < 4.78 is 7.26. The molecular formula is C20H15N5O2. The normalized spacial score (nSPS) is 10.4. The van der Waals surface area contributed by atoms with Gasteiger partial charge in [-0.3, -0.25) is 4.79 Å². The molecule has 4 aromatic rings. The molecule has 0 atom stereocenters. The lowest BCUT2D eigenvalue weighted by Crippen LogP contribution is -2.11. The van der Waals surface area contributed by atoms with E-state index in [0.717, 1.165) is 11.4 Å². The van der Waals surface area contributed by atoms with Crippen molar-refractivity contribution in [3.8, 4) is 17.2 Å². The summed E-state index contributed by atoms with van der Waals surface area (Å²) in [4.78, 5) is 12.4. The molecule has 0 unspecified atom stereocenters. The van der Waals surface area contributed by atoms with Gasteiger partial charge in [0.05, 0.1) is 5.69 Å². The Morgan fingerprint density at radius 3 is 2.22 bits per heavy atom. The lowest BCUT2D eigenvalue weighted by Gasteiger charge is -2.08. The fourth-order valence-electron chi connectivity index (χ4n) is 2.48. The second-order valence-corrected chi connectivity index (χ2v) is 5.69. The van der Waals surface area contributed by atoms with E-state index in [4.69, 9.17) is 4.74 Å². The van der Waals surface area contributed by atoms with Crippen molar-refractivity contribution in [2.75, 3.05) is 5.32 Å². The first-order chi connectivity index (χ1) is 13.3. The van der Waals surface area contributed by atoms with Crippen molar-refractivity contribution in [2.24, 2.45) is 0 Å². The van der Waals surface area contributed by atoms with Crippen molar-refractivity contribution in [2.45, 2.75) is 0 Å². The Labute approximate surface area is 155 Å². The van der Waals surface area contributed by atoms with Crippen molar-refractivity contribution >= 4 is 11.6 Å². The first-order valence-corrected chi connectivity index (χ1v) is 8.26. The number of hydrogen-bond acceptors (Lipinski definition) is 5. The summed E-state index contributed by atoms with van der Waals surface area (Å²) in [5, 5.41) is 13.8. The topological polar surface area (TPSA) is 81.9 Å². The maximum Gasteiger partial charge on any atom is 0.255 e. The van der Waals surface area contributed by atoms with Gasteiger partial charge in [0.2, 0.25) is 0 Å². The quantitative estimate of drug-likeness (QED) is 0.589. The Bertz CT molecular complexity index is 1010. The number of carbonyl (C=O) groups is 1. The second-order valence-electron chi connectivity index (χ2n) is 5.69. The van der Waals surface area contributed by atoms with Crippen LogP contribution >= 0.6 is 0 Å². The number of benzene rings is 3. The molecule has 1 amide bonds. The monoisotopic (exact) mass is 357 g/mol. The van der Waals surface area contributed by atoms with Crippen LogP contribution in [0.3, 0.4) is 0 Å². The van der Waals surface area contributed by atoms with Crippen LogP contribution in [0.15, 0.2) is 85.2 Å². The summed E-state index contributed by atoms with van der Waals surface area (Å²) in [6.07, 6.45) is 1.49. The Morgan fingerprint density at radius 1 is 0.852 bits per heavy atom. The Kier molecular flexibility index (Phi) is 4.57. The predicted octanol–water partition coefficient (Wildman–Crippen LogP) is 3.71. The third kappa shape index (κ3) is 3.98. The number of amides is 1. The van der Waals surface area contributed by atoms with Crippen LogP contribution in [0.25, 0.3) is 5.69 Å². The van der Waals surface area contributed by atoms with E-state index in [0.29, 0.717) is 17.0 Å². The molecule has 0 bridgehead atoms. The van der Waals surface area contributed by atoms with Gasteiger partial charge in [0, 0.05) is 11.3 Å². The van der Waals surface area contributed by atoms with E-state index >= 15 is 0 Å². The van der Waals surface area contributed by atoms with E-state index in [1.165, 1.54) is 11.0 Å². The van der Waals surface area contributed by atoms with Crippen LogP contribution in [0.2, 0.25) is 0 Å². The highest BCUT2D eigenvalue weighted by Gasteiger charge is 2.07. The fraction of sp³-hybridized carbons (Fsp3) is 0. The van der Waals surface area contributed by atoms with Gasteiger partial charge >= 0.3 is 0 Å². The largest absolute Gasteiger partial charge is 0.457 e. The van der Waals surface area contributed by atoms with E-state index in [2.05, 4.69) is 20.8 Å². The molecule has 27 heavy (non-hydrogen) atoms. The van der Waals surface area contributed by atoms with E-state index in [1.807, 2.05) is 42.5 Å². The number of nitrogens with one attached hydrogen (secondary N) is 1. The summed E-state index contributed by atoms with van der Waals surface area (Å²) in [5.74, 6) is 1.26. The highest BCUT2D eigenvalue weighted by Crippen LogP contribution is 2.23. The molecule has 4 rings (SSSR count). The van der Waals surface area contributed by atoms with Gasteiger partial charge in [-0.15, -0.1) is 5.10 Å². The third-order valence-corrected chi connectivity index (χ3v) is 3.83. The molecule has 0 radical (unpaired) electrons. The molecular weight excluding hydrogens is 342 g/mol. The first kappa shape index (κ1) is 16.5. The Morgan fingerprint density at radius 2 is 1.56 bits per heavy atom. The average molecular weight is 357 g/mol. The standard InChI is InChI=1S/C20H15N5O2/c26-20(15-6-10-17(11-7-15)25-14-21-23-24-25)22-16-8-12-19(13-9-16)27-18-4-2-1-3-5-18/h1-14H,(H,22,26). The van der Waals surface area contributed by atoms with Crippen LogP contribution < -0.4 is 10.1 Å². The van der Waals surface area contributed by atoms with Crippen LogP contribution in [-0.2, 0) is 0 Å². The Balaban J connectivity index is 1.40. The molecule has 0 aliphatic rings. The number of para-hydroxylation sites is 1. The minimum absolute atomic E-state index is 0.199. The molecule has 7 nitrogen and oxygen atoms in total. The average Bonchev–Trinajstić information content (AvgIpc) is 3.25.